The van der Waals surface area contributed by atoms with Gasteiger partial charge in [-0.3, -0.25) is 9.59 Å². The number of fused-ring (bicyclic) bond motifs is 1. The molecule has 1 amide bonds. The summed E-state index contributed by atoms with van der Waals surface area (Å²) in [5.41, 5.74) is 3.07. The quantitative estimate of drug-likeness (QED) is 0.744. The van der Waals surface area contributed by atoms with Gasteiger partial charge in [-0.1, -0.05) is 6.07 Å². The van der Waals surface area contributed by atoms with Gasteiger partial charge < -0.3 is 19.6 Å². The number of hydrogen-bond acceptors (Lipinski definition) is 3. The third-order valence-corrected chi connectivity index (χ3v) is 5.18. The fraction of sp³-hybridized carbons (Fsp3) is 0.333. The number of hydrogen-bond donors (Lipinski definition) is 2. The molecule has 1 unspecified atom stereocenters. The van der Waals surface area contributed by atoms with Gasteiger partial charge in [-0.15, -0.1) is 0 Å². The van der Waals surface area contributed by atoms with E-state index in [4.69, 9.17) is 4.74 Å². The van der Waals surface area contributed by atoms with E-state index in [1.807, 2.05) is 43.5 Å². The average molecular weight is 365 g/mol. The van der Waals surface area contributed by atoms with E-state index in [1.165, 1.54) is 0 Å². The molecule has 2 N–H and O–H groups in total. The molecule has 3 aromatic rings. The standard InChI is InChI=1S/C21H23N3O3/c1-13-11-14(2)24(12-15-5-4-10-27-15)21(26)19(13)20(25)23-18-7-3-6-17-16(18)8-9-22-17/h3,6-9,11,15,22H,4-5,10,12H2,1-2H3,(H,23,25). The van der Waals surface area contributed by atoms with Gasteiger partial charge in [0.1, 0.15) is 5.56 Å². The largest absolute Gasteiger partial charge is 0.376 e. The van der Waals surface area contributed by atoms with Crippen LogP contribution in [-0.4, -0.2) is 28.2 Å². The van der Waals surface area contributed by atoms with Crippen molar-refractivity contribution in [3.8, 4) is 0 Å². The summed E-state index contributed by atoms with van der Waals surface area (Å²) in [5, 5.41) is 3.82. The minimum atomic E-state index is -0.382. The molecule has 4 rings (SSSR count). The molecule has 140 valence electrons. The molecule has 1 saturated heterocycles. The van der Waals surface area contributed by atoms with Crippen LogP contribution in [0.2, 0.25) is 0 Å². The molecule has 6 heteroatoms. The van der Waals surface area contributed by atoms with Crippen molar-refractivity contribution in [3.05, 3.63) is 63.7 Å². The molecule has 0 saturated carbocycles. The number of anilines is 1. The summed E-state index contributed by atoms with van der Waals surface area (Å²) in [6.07, 6.45) is 3.81. The second kappa shape index (κ2) is 7.04. The minimum Gasteiger partial charge on any atom is -0.376 e. The van der Waals surface area contributed by atoms with Gasteiger partial charge in [0.05, 0.1) is 18.3 Å². The number of amides is 1. The summed E-state index contributed by atoms with van der Waals surface area (Å²) in [6, 6.07) is 9.44. The van der Waals surface area contributed by atoms with Crippen LogP contribution in [-0.2, 0) is 11.3 Å². The van der Waals surface area contributed by atoms with Crippen molar-refractivity contribution in [2.24, 2.45) is 0 Å². The molecule has 6 nitrogen and oxygen atoms in total. The molecule has 0 radical (unpaired) electrons. The Morgan fingerprint density at radius 1 is 1.33 bits per heavy atom. The van der Waals surface area contributed by atoms with E-state index >= 15 is 0 Å². The summed E-state index contributed by atoms with van der Waals surface area (Å²) < 4.78 is 7.33. The summed E-state index contributed by atoms with van der Waals surface area (Å²) in [6.45, 7) is 4.92. The predicted molar refractivity (Wildman–Crippen MR) is 105 cm³/mol. The highest BCUT2D eigenvalue weighted by Crippen LogP contribution is 2.23. The lowest BCUT2D eigenvalue weighted by molar-refractivity contribution is 0.0947. The molecular weight excluding hydrogens is 342 g/mol. The Kier molecular flexibility index (Phi) is 4.58. The zero-order valence-corrected chi connectivity index (χ0v) is 15.5. The molecule has 0 aliphatic carbocycles. The molecular formula is C21H23N3O3. The van der Waals surface area contributed by atoms with Crippen LogP contribution in [0.4, 0.5) is 5.69 Å². The van der Waals surface area contributed by atoms with Crippen molar-refractivity contribution >= 4 is 22.5 Å². The lowest BCUT2D eigenvalue weighted by Crippen LogP contribution is -2.34. The van der Waals surface area contributed by atoms with Crippen LogP contribution in [0.15, 0.2) is 41.3 Å². The Bertz CT molecular complexity index is 1060. The van der Waals surface area contributed by atoms with Gasteiger partial charge in [0.25, 0.3) is 11.5 Å². The van der Waals surface area contributed by atoms with Gasteiger partial charge in [-0.25, -0.2) is 0 Å². The zero-order valence-electron chi connectivity index (χ0n) is 15.5. The SMILES string of the molecule is Cc1cc(C)n(CC2CCCO2)c(=O)c1C(=O)Nc1cccc2[nH]ccc12. The van der Waals surface area contributed by atoms with Crippen LogP contribution in [0.5, 0.6) is 0 Å². The first-order valence-corrected chi connectivity index (χ1v) is 9.24. The zero-order chi connectivity index (χ0) is 19.0. The van der Waals surface area contributed by atoms with Crippen molar-refractivity contribution in [2.75, 3.05) is 11.9 Å². The summed E-state index contributed by atoms with van der Waals surface area (Å²) >= 11 is 0. The molecule has 1 fully saturated rings. The Hall–Kier alpha value is -2.86. The van der Waals surface area contributed by atoms with Crippen LogP contribution in [0.3, 0.4) is 0 Å². The molecule has 27 heavy (non-hydrogen) atoms. The van der Waals surface area contributed by atoms with E-state index in [1.54, 1.807) is 11.5 Å². The monoisotopic (exact) mass is 365 g/mol. The van der Waals surface area contributed by atoms with Gasteiger partial charge >= 0.3 is 0 Å². The van der Waals surface area contributed by atoms with Gasteiger partial charge in [-0.2, -0.15) is 0 Å². The first-order chi connectivity index (χ1) is 13.0. The number of aromatic amines is 1. The van der Waals surface area contributed by atoms with Gasteiger partial charge in [0.15, 0.2) is 0 Å². The highest BCUT2D eigenvalue weighted by Gasteiger charge is 2.22. The van der Waals surface area contributed by atoms with Crippen molar-refractivity contribution in [3.63, 3.8) is 0 Å². The predicted octanol–water partition coefficient (Wildman–Crippen LogP) is 3.38. The fourth-order valence-electron chi connectivity index (χ4n) is 3.80. The number of benzene rings is 1. The number of rotatable bonds is 4. The molecule has 0 bridgehead atoms. The van der Waals surface area contributed by atoms with E-state index in [9.17, 15) is 9.59 Å². The second-order valence-corrected chi connectivity index (χ2v) is 7.09. The maximum absolute atomic E-state index is 13.1. The topological polar surface area (TPSA) is 76.1 Å². The van der Waals surface area contributed by atoms with Gasteiger partial charge in [0, 0.05) is 29.4 Å². The van der Waals surface area contributed by atoms with E-state index in [2.05, 4.69) is 10.3 Å². The number of carbonyl (C=O) groups excluding carboxylic acids is 1. The Morgan fingerprint density at radius 2 is 2.19 bits per heavy atom. The van der Waals surface area contributed by atoms with Crippen LogP contribution in [0.25, 0.3) is 10.9 Å². The number of aryl methyl sites for hydroxylation is 2. The summed E-state index contributed by atoms with van der Waals surface area (Å²) in [7, 11) is 0. The lowest BCUT2D eigenvalue weighted by atomic mass is 10.1. The summed E-state index contributed by atoms with van der Waals surface area (Å²) in [4.78, 5) is 29.2. The molecule has 3 heterocycles. The Morgan fingerprint density at radius 3 is 2.96 bits per heavy atom. The van der Waals surface area contributed by atoms with Crippen molar-refractivity contribution in [1.29, 1.82) is 0 Å². The van der Waals surface area contributed by atoms with E-state index < -0.39 is 0 Å². The van der Waals surface area contributed by atoms with E-state index in [0.29, 0.717) is 17.8 Å². The van der Waals surface area contributed by atoms with E-state index in [-0.39, 0.29) is 23.1 Å². The highest BCUT2D eigenvalue weighted by atomic mass is 16.5. The molecule has 1 aliphatic heterocycles. The number of ether oxygens (including phenoxy) is 1. The molecule has 1 aromatic carbocycles. The number of H-pyrrole nitrogens is 1. The molecule has 1 atom stereocenters. The Labute approximate surface area is 157 Å². The van der Waals surface area contributed by atoms with Crippen LogP contribution < -0.4 is 10.9 Å². The van der Waals surface area contributed by atoms with Crippen molar-refractivity contribution in [1.82, 2.24) is 9.55 Å². The van der Waals surface area contributed by atoms with Crippen LogP contribution in [0.1, 0.15) is 34.5 Å². The third kappa shape index (κ3) is 3.28. The maximum atomic E-state index is 13.1. The second-order valence-electron chi connectivity index (χ2n) is 7.09. The number of aromatic nitrogens is 2. The van der Waals surface area contributed by atoms with Crippen molar-refractivity contribution in [2.45, 2.75) is 39.3 Å². The van der Waals surface area contributed by atoms with Crippen molar-refractivity contribution < 1.29 is 9.53 Å². The fourth-order valence-corrected chi connectivity index (χ4v) is 3.80. The first kappa shape index (κ1) is 17.5. The minimum absolute atomic E-state index is 0.0358. The van der Waals surface area contributed by atoms with Gasteiger partial charge in [0.2, 0.25) is 0 Å². The normalized spacial score (nSPS) is 16.7. The molecule has 1 aliphatic rings. The third-order valence-electron chi connectivity index (χ3n) is 5.18. The number of nitrogens with one attached hydrogen (secondary N) is 2. The van der Waals surface area contributed by atoms with E-state index in [0.717, 1.165) is 36.0 Å². The lowest BCUT2D eigenvalue weighted by Gasteiger charge is -2.17. The first-order valence-electron chi connectivity index (χ1n) is 9.24. The highest BCUT2D eigenvalue weighted by molar-refractivity contribution is 6.09. The number of pyridine rings is 1. The van der Waals surface area contributed by atoms with Crippen LogP contribution in [0, 0.1) is 13.8 Å². The average Bonchev–Trinajstić information content (AvgIpc) is 3.30. The maximum Gasteiger partial charge on any atom is 0.263 e. The number of nitrogens with zero attached hydrogens (tertiary/aromatic N) is 1. The Balaban J connectivity index is 1.69. The molecule has 0 spiro atoms. The smallest absolute Gasteiger partial charge is 0.263 e. The number of carbonyl (C=O) groups is 1. The van der Waals surface area contributed by atoms with Gasteiger partial charge in [-0.05, 0) is 56.5 Å². The summed E-state index contributed by atoms with van der Waals surface area (Å²) in [5.74, 6) is -0.382. The van der Waals surface area contributed by atoms with Crippen LogP contribution >= 0.6 is 0 Å². The molecule has 2 aromatic heterocycles.